The summed E-state index contributed by atoms with van der Waals surface area (Å²) < 4.78 is 11.1. The van der Waals surface area contributed by atoms with Gasteiger partial charge in [-0.15, -0.1) is 6.58 Å². The van der Waals surface area contributed by atoms with E-state index in [1.54, 1.807) is 7.11 Å². The van der Waals surface area contributed by atoms with Gasteiger partial charge in [0.15, 0.2) is 11.5 Å². The van der Waals surface area contributed by atoms with Crippen LogP contribution in [0.25, 0.3) is 0 Å². The van der Waals surface area contributed by atoms with Gasteiger partial charge in [0.1, 0.15) is 12.7 Å². The third kappa shape index (κ3) is 5.53. The minimum absolute atomic E-state index is 0.267. The zero-order valence-electron chi connectivity index (χ0n) is 14.2. The SMILES string of the molecule is C=CCc1ccc(OCC(O)CN2CCN(C)CC2)c(OC)c1. The molecule has 5 heteroatoms. The highest BCUT2D eigenvalue weighted by molar-refractivity contribution is 5.43. The van der Waals surface area contributed by atoms with Crippen molar-refractivity contribution in [2.24, 2.45) is 0 Å². The third-order valence-electron chi connectivity index (χ3n) is 4.10. The molecule has 0 aliphatic carbocycles. The fraction of sp³-hybridized carbons (Fsp3) is 0.556. The number of aliphatic hydroxyl groups is 1. The van der Waals surface area contributed by atoms with E-state index in [2.05, 4.69) is 23.4 Å². The number of piperazine rings is 1. The van der Waals surface area contributed by atoms with Crippen LogP contribution in [0.3, 0.4) is 0 Å². The summed E-state index contributed by atoms with van der Waals surface area (Å²) in [5.74, 6) is 1.36. The summed E-state index contributed by atoms with van der Waals surface area (Å²) in [7, 11) is 3.75. The molecule has 5 nitrogen and oxygen atoms in total. The second-order valence-electron chi connectivity index (χ2n) is 6.05. The average molecular weight is 320 g/mol. The number of aliphatic hydroxyl groups excluding tert-OH is 1. The number of rotatable bonds is 8. The van der Waals surface area contributed by atoms with Crippen LogP contribution in [0.4, 0.5) is 0 Å². The van der Waals surface area contributed by atoms with Crippen LogP contribution in [0, 0.1) is 0 Å². The summed E-state index contributed by atoms with van der Waals surface area (Å²) in [6.45, 7) is 8.73. The first kappa shape index (κ1) is 17.8. The Morgan fingerprint density at radius 1 is 1.26 bits per heavy atom. The maximum absolute atomic E-state index is 10.2. The first-order chi connectivity index (χ1) is 11.1. The predicted octanol–water partition coefficient (Wildman–Crippen LogP) is 1.41. The van der Waals surface area contributed by atoms with Gasteiger partial charge >= 0.3 is 0 Å². The highest BCUT2D eigenvalue weighted by Crippen LogP contribution is 2.28. The van der Waals surface area contributed by atoms with Crippen LogP contribution in [0.2, 0.25) is 0 Å². The van der Waals surface area contributed by atoms with Crippen molar-refractivity contribution in [2.75, 3.05) is 53.5 Å². The Morgan fingerprint density at radius 2 is 2.00 bits per heavy atom. The van der Waals surface area contributed by atoms with Crippen molar-refractivity contribution >= 4 is 0 Å². The maximum Gasteiger partial charge on any atom is 0.161 e. The molecule has 1 aliphatic heterocycles. The van der Waals surface area contributed by atoms with E-state index < -0.39 is 6.10 Å². The van der Waals surface area contributed by atoms with Gasteiger partial charge in [-0.1, -0.05) is 12.1 Å². The van der Waals surface area contributed by atoms with Gasteiger partial charge in [0.2, 0.25) is 0 Å². The molecule has 0 spiro atoms. The van der Waals surface area contributed by atoms with Crippen LogP contribution in [-0.2, 0) is 6.42 Å². The van der Waals surface area contributed by atoms with Gasteiger partial charge in [0.25, 0.3) is 0 Å². The lowest BCUT2D eigenvalue weighted by Crippen LogP contribution is -2.47. The molecule has 2 rings (SSSR count). The molecule has 128 valence electrons. The zero-order chi connectivity index (χ0) is 16.7. The van der Waals surface area contributed by atoms with E-state index in [1.807, 2.05) is 24.3 Å². The summed E-state index contributed by atoms with van der Waals surface area (Å²) >= 11 is 0. The lowest BCUT2D eigenvalue weighted by Gasteiger charge is -2.33. The standard InChI is InChI=1S/C18H28N2O3/c1-4-5-15-6-7-17(18(12-15)22-3)23-14-16(21)13-20-10-8-19(2)9-11-20/h4,6-7,12,16,21H,1,5,8-11,13-14H2,2-3H3. The largest absolute Gasteiger partial charge is 0.493 e. The summed E-state index contributed by atoms with van der Waals surface area (Å²) in [5.41, 5.74) is 1.13. The molecule has 1 fully saturated rings. The van der Waals surface area contributed by atoms with Crippen molar-refractivity contribution in [3.05, 3.63) is 36.4 Å². The van der Waals surface area contributed by atoms with E-state index in [0.717, 1.165) is 38.2 Å². The Hall–Kier alpha value is -1.56. The molecule has 1 N–H and O–H groups in total. The Kier molecular flexibility index (Phi) is 6.89. The van der Waals surface area contributed by atoms with Crippen LogP contribution in [0.5, 0.6) is 11.5 Å². The lowest BCUT2D eigenvalue weighted by molar-refractivity contribution is 0.0498. The molecule has 23 heavy (non-hydrogen) atoms. The summed E-state index contributed by atoms with van der Waals surface area (Å²) in [5, 5.41) is 10.2. The number of β-amino-alcohol motifs (C(OH)–C–C–N with tert-alkyl or cyclic N) is 1. The fourth-order valence-electron chi connectivity index (χ4n) is 2.69. The average Bonchev–Trinajstić information content (AvgIpc) is 2.56. The van der Waals surface area contributed by atoms with E-state index in [4.69, 9.17) is 9.47 Å². The monoisotopic (exact) mass is 320 g/mol. The van der Waals surface area contributed by atoms with E-state index in [9.17, 15) is 5.11 Å². The van der Waals surface area contributed by atoms with Crippen LogP contribution in [0.1, 0.15) is 5.56 Å². The Bertz CT molecular complexity index is 499. The van der Waals surface area contributed by atoms with Gasteiger partial charge < -0.3 is 19.5 Å². The molecule has 0 bridgehead atoms. The first-order valence-corrected chi connectivity index (χ1v) is 8.12. The van der Waals surface area contributed by atoms with Gasteiger partial charge in [-0.25, -0.2) is 0 Å². The molecule has 1 unspecified atom stereocenters. The predicted molar refractivity (Wildman–Crippen MR) is 92.3 cm³/mol. The molecular weight excluding hydrogens is 292 g/mol. The Balaban J connectivity index is 1.83. The number of benzene rings is 1. The van der Waals surface area contributed by atoms with Gasteiger partial charge in [-0.05, 0) is 31.2 Å². The fourth-order valence-corrected chi connectivity index (χ4v) is 2.69. The van der Waals surface area contributed by atoms with Crippen LogP contribution in [-0.4, -0.2) is 74.5 Å². The normalized spacial score (nSPS) is 17.7. The van der Waals surface area contributed by atoms with Crippen LogP contribution < -0.4 is 9.47 Å². The van der Waals surface area contributed by atoms with Crippen molar-refractivity contribution in [1.82, 2.24) is 9.80 Å². The van der Waals surface area contributed by atoms with Crippen molar-refractivity contribution in [3.8, 4) is 11.5 Å². The molecule has 1 saturated heterocycles. The zero-order valence-corrected chi connectivity index (χ0v) is 14.2. The second-order valence-corrected chi connectivity index (χ2v) is 6.05. The van der Waals surface area contributed by atoms with Gasteiger partial charge in [0, 0.05) is 32.7 Å². The molecule has 1 aromatic carbocycles. The first-order valence-electron chi connectivity index (χ1n) is 8.12. The quantitative estimate of drug-likeness (QED) is 0.734. The second kappa shape index (κ2) is 8.91. The molecular formula is C18H28N2O3. The van der Waals surface area contributed by atoms with Crippen molar-refractivity contribution < 1.29 is 14.6 Å². The van der Waals surface area contributed by atoms with Crippen molar-refractivity contribution in [3.63, 3.8) is 0 Å². The lowest BCUT2D eigenvalue weighted by atomic mass is 10.1. The van der Waals surface area contributed by atoms with E-state index in [1.165, 1.54) is 0 Å². The molecule has 1 aliphatic rings. The maximum atomic E-state index is 10.2. The smallest absolute Gasteiger partial charge is 0.161 e. The number of methoxy groups -OCH3 is 1. The highest BCUT2D eigenvalue weighted by atomic mass is 16.5. The van der Waals surface area contributed by atoms with Crippen LogP contribution in [0.15, 0.2) is 30.9 Å². The molecule has 1 heterocycles. The molecule has 0 amide bonds. The van der Waals surface area contributed by atoms with Crippen LogP contribution >= 0.6 is 0 Å². The summed E-state index contributed by atoms with van der Waals surface area (Å²) in [6, 6.07) is 5.83. The molecule has 0 aromatic heterocycles. The minimum atomic E-state index is -0.504. The van der Waals surface area contributed by atoms with Gasteiger partial charge in [0.05, 0.1) is 7.11 Å². The van der Waals surface area contributed by atoms with Gasteiger partial charge in [-0.3, -0.25) is 4.90 Å². The van der Waals surface area contributed by atoms with E-state index >= 15 is 0 Å². The number of allylic oxidation sites excluding steroid dienone is 1. The Morgan fingerprint density at radius 3 is 2.65 bits per heavy atom. The summed E-state index contributed by atoms with van der Waals surface area (Å²) in [6.07, 6.45) is 2.15. The number of likely N-dealkylation sites (N-methyl/N-ethyl adjacent to an activating group) is 1. The summed E-state index contributed by atoms with van der Waals surface area (Å²) in [4.78, 5) is 4.58. The molecule has 1 aromatic rings. The van der Waals surface area contributed by atoms with Crippen molar-refractivity contribution in [2.45, 2.75) is 12.5 Å². The van der Waals surface area contributed by atoms with E-state index in [-0.39, 0.29) is 6.61 Å². The van der Waals surface area contributed by atoms with Crippen molar-refractivity contribution in [1.29, 1.82) is 0 Å². The topological polar surface area (TPSA) is 45.2 Å². The number of nitrogens with zero attached hydrogens (tertiary/aromatic N) is 2. The molecule has 1 atom stereocenters. The Labute approximate surface area is 139 Å². The molecule has 0 saturated carbocycles. The van der Waals surface area contributed by atoms with E-state index in [0.29, 0.717) is 18.0 Å². The number of hydrogen-bond donors (Lipinski definition) is 1. The minimum Gasteiger partial charge on any atom is -0.493 e. The third-order valence-corrected chi connectivity index (χ3v) is 4.10. The number of ether oxygens (including phenoxy) is 2. The molecule has 0 radical (unpaired) electrons. The number of hydrogen-bond acceptors (Lipinski definition) is 5. The highest BCUT2D eigenvalue weighted by Gasteiger charge is 2.17. The van der Waals surface area contributed by atoms with Gasteiger partial charge in [-0.2, -0.15) is 0 Å².